The van der Waals surface area contributed by atoms with Crippen molar-refractivity contribution >= 4 is 17.6 Å². The lowest BCUT2D eigenvalue weighted by Gasteiger charge is -2.36. The van der Waals surface area contributed by atoms with Crippen LogP contribution in [0.1, 0.15) is 16.1 Å². The molecule has 0 spiro atoms. The molecule has 2 heterocycles. The van der Waals surface area contributed by atoms with Crippen molar-refractivity contribution in [1.29, 1.82) is 0 Å². The molecule has 0 radical (unpaired) electrons. The molecule has 1 saturated heterocycles. The van der Waals surface area contributed by atoms with Gasteiger partial charge in [-0.15, -0.1) is 0 Å². The number of piperazine rings is 1. The molecule has 3 rings (SSSR count). The number of esters is 1. The molecule has 25 heavy (non-hydrogen) atoms. The first-order chi connectivity index (χ1) is 12.0. The summed E-state index contributed by atoms with van der Waals surface area (Å²) < 4.78 is 23.0. The van der Waals surface area contributed by atoms with Gasteiger partial charge < -0.3 is 19.0 Å². The maximum atomic E-state index is 13.0. The van der Waals surface area contributed by atoms with Crippen molar-refractivity contribution in [2.45, 2.75) is 6.92 Å². The minimum absolute atomic E-state index is 0.119. The molecule has 1 aromatic heterocycles. The lowest BCUT2D eigenvalue weighted by atomic mass is 10.2. The molecule has 0 N–H and O–H groups in total. The van der Waals surface area contributed by atoms with Gasteiger partial charge in [-0.2, -0.15) is 0 Å². The SMILES string of the molecule is Cc1ccoc1C(=O)OCC(=O)N1CCN(c2ccc(F)cc2)CC1. The molecule has 0 saturated carbocycles. The summed E-state index contributed by atoms with van der Waals surface area (Å²) in [6.07, 6.45) is 1.41. The summed E-state index contributed by atoms with van der Waals surface area (Å²) in [6.45, 7) is 3.75. The molecular formula is C18H19FN2O4. The molecule has 2 aromatic rings. The van der Waals surface area contributed by atoms with Crippen molar-refractivity contribution in [3.63, 3.8) is 0 Å². The van der Waals surface area contributed by atoms with Gasteiger partial charge in [-0.1, -0.05) is 0 Å². The highest BCUT2D eigenvalue weighted by molar-refractivity contribution is 5.90. The highest BCUT2D eigenvalue weighted by atomic mass is 19.1. The van der Waals surface area contributed by atoms with E-state index in [0.717, 1.165) is 5.69 Å². The van der Waals surface area contributed by atoms with E-state index in [1.54, 1.807) is 30.0 Å². The minimum atomic E-state index is -0.638. The molecule has 1 aromatic carbocycles. The first-order valence-corrected chi connectivity index (χ1v) is 8.04. The molecule has 132 valence electrons. The molecule has 0 unspecified atom stereocenters. The van der Waals surface area contributed by atoms with E-state index >= 15 is 0 Å². The van der Waals surface area contributed by atoms with Crippen LogP contribution in [-0.4, -0.2) is 49.6 Å². The Kier molecular flexibility index (Phi) is 5.02. The third-order valence-corrected chi connectivity index (χ3v) is 4.20. The van der Waals surface area contributed by atoms with E-state index in [2.05, 4.69) is 4.90 Å². The summed E-state index contributed by atoms with van der Waals surface area (Å²) in [5, 5.41) is 0. The molecule has 1 aliphatic rings. The number of amides is 1. The zero-order valence-electron chi connectivity index (χ0n) is 13.9. The van der Waals surface area contributed by atoms with E-state index in [-0.39, 0.29) is 24.1 Å². The molecular weight excluding hydrogens is 327 g/mol. The lowest BCUT2D eigenvalue weighted by Crippen LogP contribution is -2.49. The zero-order chi connectivity index (χ0) is 17.8. The molecule has 6 nitrogen and oxygen atoms in total. The van der Waals surface area contributed by atoms with Crippen LogP contribution >= 0.6 is 0 Å². The van der Waals surface area contributed by atoms with Gasteiger partial charge in [-0.05, 0) is 37.3 Å². The van der Waals surface area contributed by atoms with Gasteiger partial charge in [0.1, 0.15) is 5.82 Å². The number of hydrogen-bond acceptors (Lipinski definition) is 5. The Balaban J connectivity index is 1.47. The van der Waals surface area contributed by atoms with Crippen molar-refractivity contribution < 1.29 is 23.1 Å². The molecule has 7 heteroatoms. The van der Waals surface area contributed by atoms with Crippen LogP contribution in [0, 0.1) is 12.7 Å². The van der Waals surface area contributed by atoms with Crippen LogP contribution < -0.4 is 4.90 Å². The van der Waals surface area contributed by atoms with Gasteiger partial charge in [0, 0.05) is 37.4 Å². The van der Waals surface area contributed by atoms with Gasteiger partial charge in [0.15, 0.2) is 6.61 Å². The number of aryl methyl sites for hydroxylation is 1. The van der Waals surface area contributed by atoms with Gasteiger partial charge in [0.2, 0.25) is 5.76 Å². The molecule has 0 atom stereocenters. The number of benzene rings is 1. The summed E-state index contributed by atoms with van der Waals surface area (Å²) >= 11 is 0. The number of carbonyl (C=O) groups excluding carboxylic acids is 2. The summed E-state index contributed by atoms with van der Waals surface area (Å²) in [6, 6.07) is 7.94. The van der Waals surface area contributed by atoms with Crippen LogP contribution in [0.4, 0.5) is 10.1 Å². The lowest BCUT2D eigenvalue weighted by molar-refractivity contribution is -0.134. The number of ether oxygens (including phenoxy) is 1. The summed E-state index contributed by atoms with van der Waals surface area (Å²) in [4.78, 5) is 27.8. The number of nitrogens with zero attached hydrogens (tertiary/aromatic N) is 2. The average Bonchev–Trinajstić information content (AvgIpc) is 3.06. The highest BCUT2D eigenvalue weighted by Crippen LogP contribution is 2.17. The van der Waals surface area contributed by atoms with Crippen molar-refractivity contribution in [3.8, 4) is 0 Å². The normalized spacial score (nSPS) is 14.5. The maximum absolute atomic E-state index is 13.0. The summed E-state index contributed by atoms with van der Waals surface area (Å²) in [5.74, 6) is -1.03. The average molecular weight is 346 g/mol. The predicted octanol–water partition coefficient (Wildman–Crippen LogP) is 2.23. The topological polar surface area (TPSA) is 63.0 Å². The Morgan fingerprint density at radius 3 is 2.40 bits per heavy atom. The van der Waals surface area contributed by atoms with Gasteiger partial charge >= 0.3 is 5.97 Å². The second kappa shape index (κ2) is 7.38. The van der Waals surface area contributed by atoms with Crippen LogP contribution in [0.15, 0.2) is 41.0 Å². The molecule has 0 aliphatic carbocycles. The van der Waals surface area contributed by atoms with Crippen molar-refractivity contribution in [2.24, 2.45) is 0 Å². The number of furan rings is 1. The quantitative estimate of drug-likeness (QED) is 0.795. The Bertz CT molecular complexity index is 749. The van der Waals surface area contributed by atoms with Gasteiger partial charge in [-0.3, -0.25) is 4.79 Å². The molecule has 1 aliphatic heterocycles. The molecule has 0 bridgehead atoms. The Morgan fingerprint density at radius 1 is 1.12 bits per heavy atom. The van der Waals surface area contributed by atoms with Crippen molar-refractivity contribution in [3.05, 3.63) is 53.7 Å². The highest BCUT2D eigenvalue weighted by Gasteiger charge is 2.23. The molecule has 1 amide bonds. The minimum Gasteiger partial charge on any atom is -0.457 e. The van der Waals surface area contributed by atoms with Crippen LogP contribution in [-0.2, 0) is 9.53 Å². The summed E-state index contributed by atoms with van der Waals surface area (Å²) in [7, 11) is 0. The fraction of sp³-hybridized carbons (Fsp3) is 0.333. The monoisotopic (exact) mass is 346 g/mol. The number of anilines is 1. The fourth-order valence-electron chi connectivity index (χ4n) is 2.73. The standard InChI is InChI=1S/C18H19FN2O4/c1-13-6-11-24-17(13)18(23)25-12-16(22)21-9-7-20(8-10-21)15-4-2-14(19)3-5-15/h2-6,11H,7-10,12H2,1H3. The van der Waals surface area contributed by atoms with E-state index in [4.69, 9.17) is 9.15 Å². The van der Waals surface area contributed by atoms with E-state index in [1.165, 1.54) is 18.4 Å². The van der Waals surface area contributed by atoms with Gasteiger partial charge in [0.05, 0.1) is 6.26 Å². The van der Waals surface area contributed by atoms with E-state index in [9.17, 15) is 14.0 Å². The number of hydrogen-bond donors (Lipinski definition) is 0. The second-order valence-corrected chi connectivity index (χ2v) is 5.85. The van der Waals surface area contributed by atoms with Crippen LogP contribution in [0.3, 0.4) is 0 Å². The van der Waals surface area contributed by atoms with Crippen LogP contribution in [0.2, 0.25) is 0 Å². The smallest absolute Gasteiger partial charge is 0.375 e. The van der Waals surface area contributed by atoms with Gasteiger partial charge in [0.25, 0.3) is 5.91 Å². The Labute approximate surface area is 144 Å². The van der Waals surface area contributed by atoms with Crippen molar-refractivity contribution in [2.75, 3.05) is 37.7 Å². The van der Waals surface area contributed by atoms with E-state index < -0.39 is 5.97 Å². The van der Waals surface area contributed by atoms with E-state index in [0.29, 0.717) is 31.7 Å². The van der Waals surface area contributed by atoms with Crippen molar-refractivity contribution in [1.82, 2.24) is 4.90 Å². The number of carbonyl (C=O) groups is 2. The predicted molar refractivity (Wildman–Crippen MR) is 88.9 cm³/mol. The Hall–Kier alpha value is -2.83. The third-order valence-electron chi connectivity index (χ3n) is 4.20. The number of rotatable bonds is 4. The van der Waals surface area contributed by atoms with Gasteiger partial charge in [-0.25, -0.2) is 9.18 Å². The third kappa shape index (κ3) is 3.99. The Morgan fingerprint density at radius 2 is 1.80 bits per heavy atom. The van der Waals surface area contributed by atoms with E-state index in [1.807, 2.05) is 0 Å². The van der Waals surface area contributed by atoms with Crippen LogP contribution in [0.5, 0.6) is 0 Å². The first kappa shape index (κ1) is 17.0. The second-order valence-electron chi connectivity index (χ2n) is 5.85. The first-order valence-electron chi connectivity index (χ1n) is 8.04. The largest absolute Gasteiger partial charge is 0.457 e. The van der Waals surface area contributed by atoms with Crippen LogP contribution in [0.25, 0.3) is 0 Å². The fourth-order valence-corrected chi connectivity index (χ4v) is 2.73. The zero-order valence-corrected chi connectivity index (χ0v) is 13.9. The summed E-state index contributed by atoms with van der Waals surface area (Å²) in [5.41, 5.74) is 1.60. The molecule has 1 fully saturated rings. The maximum Gasteiger partial charge on any atom is 0.375 e. The number of halogens is 1.